The molecule has 0 spiro atoms. The van der Waals surface area contributed by atoms with Crippen molar-refractivity contribution in [3.05, 3.63) is 35.1 Å². The topological polar surface area (TPSA) is 38.0 Å². The molecule has 3 N–H and O–H groups in total. The highest BCUT2D eigenvalue weighted by atomic mass is 19.2. The fourth-order valence-electron chi connectivity index (χ4n) is 1.95. The van der Waals surface area contributed by atoms with E-state index >= 15 is 0 Å². The maximum absolute atomic E-state index is 13.5. The van der Waals surface area contributed by atoms with Crippen LogP contribution in [0, 0.1) is 23.4 Å². The predicted octanol–water partition coefficient (Wildman–Crippen LogP) is 2.80. The van der Waals surface area contributed by atoms with Crippen LogP contribution >= 0.6 is 0 Å². The minimum absolute atomic E-state index is 0.0899. The van der Waals surface area contributed by atoms with E-state index in [4.69, 9.17) is 5.84 Å². The Morgan fingerprint density at radius 1 is 1.24 bits per heavy atom. The highest BCUT2D eigenvalue weighted by Crippen LogP contribution is 2.36. The largest absolute Gasteiger partial charge is 0.271 e. The Morgan fingerprint density at radius 3 is 2.53 bits per heavy atom. The van der Waals surface area contributed by atoms with E-state index < -0.39 is 23.5 Å². The van der Waals surface area contributed by atoms with Crippen molar-refractivity contribution in [3.63, 3.8) is 0 Å². The molecular weight excluding hydrogens is 229 g/mol. The fourth-order valence-corrected chi connectivity index (χ4v) is 1.95. The van der Waals surface area contributed by atoms with Crippen LogP contribution in [0.25, 0.3) is 0 Å². The Hall–Kier alpha value is -1.07. The first-order valence-corrected chi connectivity index (χ1v) is 5.73. The van der Waals surface area contributed by atoms with Crippen molar-refractivity contribution in [3.8, 4) is 0 Å². The first-order valence-electron chi connectivity index (χ1n) is 5.73. The summed E-state index contributed by atoms with van der Waals surface area (Å²) < 4.78 is 39.4. The lowest BCUT2D eigenvalue weighted by Gasteiger charge is -2.17. The molecule has 94 valence electrons. The molecular formula is C12H15F3N2. The van der Waals surface area contributed by atoms with Gasteiger partial charge < -0.3 is 0 Å². The van der Waals surface area contributed by atoms with Crippen LogP contribution in [0.5, 0.6) is 0 Å². The van der Waals surface area contributed by atoms with Crippen molar-refractivity contribution < 1.29 is 13.2 Å². The van der Waals surface area contributed by atoms with Crippen molar-refractivity contribution in [1.29, 1.82) is 0 Å². The molecule has 1 saturated carbocycles. The second-order valence-electron chi connectivity index (χ2n) is 4.50. The van der Waals surface area contributed by atoms with Gasteiger partial charge in [-0.15, -0.1) is 0 Å². The summed E-state index contributed by atoms with van der Waals surface area (Å²) in [5.41, 5.74) is 2.55. The number of halogens is 3. The molecule has 1 aliphatic carbocycles. The maximum Gasteiger partial charge on any atom is 0.194 e. The minimum Gasteiger partial charge on any atom is -0.271 e. The Balaban J connectivity index is 2.14. The van der Waals surface area contributed by atoms with Gasteiger partial charge in [0, 0.05) is 11.6 Å². The van der Waals surface area contributed by atoms with Gasteiger partial charge in [-0.2, -0.15) is 0 Å². The molecule has 1 fully saturated rings. The van der Waals surface area contributed by atoms with E-state index in [-0.39, 0.29) is 5.56 Å². The Kier molecular flexibility index (Phi) is 3.69. The number of rotatable bonds is 5. The van der Waals surface area contributed by atoms with Crippen LogP contribution in [0.2, 0.25) is 0 Å². The zero-order valence-electron chi connectivity index (χ0n) is 9.35. The fraction of sp³-hybridized carbons (Fsp3) is 0.500. The first-order chi connectivity index (χ1) is 8.13. The molecule has 0 aromatic heterocycles. The zero-order valence-corrected chi connectivity index (χ0v) is 9.35. The van der Waals surface area contributed by atoms with E-state index in [1.165, 1.54) is 18.9 Å². The summed E-state index contributed by atoms with van der Waals surface area (Å²) >= 11 is 0. The highest BCUT2D eigenvalue weighted by molar-refractivity contribution is 5.23. The summed E-state index contributed by atoms with van der Waals surface area (Å²) in [7, 11) is 0. The summed E-state index contributed by atoms with van der Waals surface area (Å²) in [5, 5.41) is 0. The van der Waals surface area contributed by atoms with Gasteiger partial charge in [-0.25, -0.2) is 13.2 Å². The van der Waals surface area contributed by atoms with E-state index in [0.717, 1.165) is 12.5 Å². The molecule has 0 radical (unpaired) electrons. The first kappa shape index (κ1) is 12.4. The third kappa shape index (κ3) is 2.79. The minimum atomic E-state index is -1.44. The van der Waals surface area contributed by atoms with Gasteiger partial charge in [0.05, 0.1) is 0 Å². The van der Waals surface area contributed by atoms with Crippen LogP contribution in [-0.4, -0.2) is 0 Å². The average molecular weight is 244 g/mol. The lowest BCUT2D eigenvalue weighted by molar-refractivity contribution is 0.412. The zero-order chi connectivity index (χ0) is 12.4. The molecule has 17 heavy (non-hydrogen) atoms. The van der Waals surface area contributed by atoms with E-state index in [1.54, 1.807) is 0 Å². The highest BCUT2D eigenvalue weighted by Gasteiger charge is 2.25. The Morgan fingerprint density at radius 2 is 1.94 bits per heavy atom. The summed E-state index contributed by atoms with van der Waals surface area (Å²) in [6, 6.07) is 1.70. The van der Waals surface area contributed by atoms with Gasteiger partial charge in [-0.3, -0.25) is 11.3 Å². The lowest BCUT2D eigenvalue weighted by Crippen LogP contribution is -2.29. The molecule has 1 aromatic carbocycles. The Bertz CT molecular complexity index is 405. The Labute approximate surface area is 98.0 Å². The molecule has 0 aliphatic heterocycles. The number of nitrogens with one attached hydrogen (secondary N) is 1. The van der Waals surface area contributed by atoms with Gasteiger partial charge >= 0.3 is 0 Å². The van der Waals surface area contributed by atoms with Gasteiger partial charge in [0.1, 0.15) is 0 Å². The van der Waals surface area contributed by atoms with Crippen LogP contribution in [0.1, 0.15) is 37.3 Å². The second kappa shape index (κ2) is 5.06. The molecule has 2 nitrogen and oxygen atoms in total. The average Bonchev–Trinajstić information content (AvgIpc) is 3.13. The third-order valence-corrected chi connectivity index (χ3v) is 3.20. The van der Waals surface area contributed by atoms with Crippen molar-refractivity contribution in [2.75, 3.05) is 0 Å². The van der Waals surface area contributed by atoms with Gasteiger partial charge in [0.15, 0.2) is 17.5 Å². The van der Waals surface area contributed by atoms with Crippen LogP contribution in [0.4, 0.5) is 13.2 Å². The van der Waals surface area contributed by atoms with Crippen LogP contribution in [-0.2, 0) is 0 Å². The van der Waals surface area contributed by atoms with E-state index in [2.05, 4.69) is 5.43 Å². The van der Waals surface area contributed by atoms with Gasteiger partial charge in [-0.05, 0) is 24.8 Å². The van der Waals surface area contributed by atoms with Gasteiger partial charge in [0.2, 0.25) is 0 Å². The molecule has 0 saturated heterocycles. The van der Waals surface area contributed by atoms with E-state index in [0.29, 0.717) is 12.3 Å². The third-order valence-electron chi connectivity index (χ3n) is 3.20. The summed E-state index contributed by atoms with van der Waals surface area (Å²) in [6.07, 6.45) is 3.94. The summed E-state index contributed by atoms with van der Waals surface area (Å²) in [6.45, 7) is 0. The van der Waals surface area contributed by atoms with Crippen molar-refractivity contribution in [2.24, 2.45) is 11.8 Å². The lowest BCUT2D eigenvalue weighted by atomic mass is 10.00. The molecule has 1 atom stereocenters. The van der Waals surface area contributed by atoms with Crippen LogP contribution in [0.3, 0.4) is 0 Å². The molecule has 0 bridgehead atoms. The molecule has 1 aromatic rings. The summed E-state index contributed by atoms with van der Waals surface area (Å²) in [4.78, 5) is 0. The second-order valence-corrected chi connectivity index (χ2v) is 4.50. The van der Waals surface area contributed by atoms with Gasteiger partial charge in [0.25, 0.3) is 0 Å². The van der Waals surface area contributed by atoms with E-state index in [1.807, 2.05) is 0 Å². The molecule has 1 unspecified atom stereocenters. The molecule has 1 aliphatic rings. The van der Waals surface area contributed by atoms with Crippen LogP contribution in [0.15, 0.2) is 12.1 Å². The van der Waals surface area contributed by atoms with Crippen LogP contribution < -0.4 is 11.3 Å². The summed E-state index contributed by atoms with van der Waals surface area (Å²) in [5.74, 6) is 2.25. The van der Waals surface area contributed by atoms with Crippen molar-refractivity contribution >= 4 is 0 Å². The number of benzene rings is 1. The van der Waals surface area contributed by atoms with Crippen molar-refractivity contribution in [2.45, 2.75) is 31.7 Å². The molecule has 5 heteroatoms. The van der Waals surface area contributed by atoms with Gasteiger partial charge in [-0.1, -0.05) is 18.9 Å². The number of hydrogen-bond donors (Lipinski definition) is 2. The number of hydrogen-bond acceptors (Lipinski definition) is 2. The molecule has 0 heterocycles. The standard InChI is InChI=1S/C12H15F3N2/c13-9-5-4-8(11(14)12(9)15)10(17-16)6-3-7-1-2-7/h4-5,7,10,17H,1-3,6,16H2. The molecule has 2 rings (SSSR count). The van der Waals surface area contributed by atoms with Crippen molar-refractivity contribution in [1.82, 2.24) is 5.43 Å². The maximum atomic E-state index is 13.5. The predicted molar refractivity (Wildman–Crippen MR) is 58.3 cm³/mol. The quantitative estimate of drug-likeness (QED) is 0.475. The SMILES string of the molecule is NNC(CCC1CC1)c1ccc(F)c(F)c1F. The number of hydrazine groups is 1. The van der Waals surface area contributed by atoms with E-state index in [9.17, 15) is 13.2 Å². The molecule has 0 amide bonds. The smallest absolute Gasteiger partial charge is 0.194 e. The normalized spacial score (nSPS) is 17.2. The monoisotopic (exact) mass is 244 g/mol. The number of nitrogens with two attached hydrogens (primary N) is 1.